The predicted octanol–water partition coefficient (Wildman–Crippen LogP) is 7.31. The smallest absolute Gasteiger partial charge is 0.419 e. The second kappa shape index (κ2) is 12.0. The van der Waals surface area contributed by atoms with Gasteiger partial charge in [-0.3, -0.25) is 0 Å². The average molecular weight is 390 g/mol. The number of halogens is 4. The van der Waals surface area contributed by atoms with Crippen LogP contribution in [0.1, 0.15) is 94.0 Å². The third kappa shape index (κ3) is 9.25. The van der Waals surface area contributed by atoms with Crippen molar-refractivity contribution in [3.05, 3.63) is 35.1 Å². The van der Waals surface area contributed by atoms with Gasteiger partial charge in [0.25, 0.3) is 0 Å². The fraction of sp³-hybridized carbons (Fsp3) is 0.667. The first kappa shape index (κ1) is 23.4. The zero-order chi connectivity index (χ0) is 20.3. The summed E-state index contributed by atoms with van der Waals surface area (Å²) >= 11 is 0. The summed E-state index contributed by atoms with van der Waals surface area (Å²) < 4.78 is 56.6. The van der Waals surface area contributed by atoms with Gasteiger partial charge in [-0.25, -0.2) is 9.18 Å². The second-order valence-corrected chi connectivity index (χ2v) is 7.03. The SMILES string of the molecule is CCCCCCCCCCCC(C)OC(=O)c1ccc(F)c(C(F)(F)F)c1. The van der Waals surface area contributed by atoms with Gasteiger partial charge < -0.3 is 4.74 Å². The highest BCUT2D eigenvalue weighted by atomic mass is 19.4. The first-order valence-electron chi connectivity index (χ1n) is 9.83. The molecule has 0 heterocycles. The van der Waals surface area contributed by atoms with Crippen LogP contribution in [0.25, 0.3) is 0 Å². The Morgan fingerprint density at radius 2 is 1.56 bits per heavy atom. The van der Waals surface area contributed by atoms with Crippen molar-refractivity contribution < 1.29 is 27.1 Å². The normalized spacial score (nSPS) is 12.8. The Morgan fingerprint density at radius 3 is 2.11 bits per heavy atom. The standard InChI is InChI=1S/C21H30F4O2/c1-3-4-5-6-7-8-9-10-11-12-16(2)27-20(26)17-13-14-19(22)18(15-17)21(23,24)25/h13-16H,3-12H2,1-2H3. The number of carbonyl (C=O) groups is 1. The summed E-state index contributed by atoms with van der Waals surface area (Å²) in [5, 5.41) is 0. The lowest BCUT2D eigenvalue weighted by atomic mass is 10.1. The molecular weight excluding hydrogens is 360 g/mol. The van der Waals surface area contributed by atoms with Gasteiger partial charge in [-0.15, -0.1) is 0 Å². The molecule has 27 heavy (non-hydrogen) atoms. The monoisotopic (exact) mass is 390 g/mol. The maximum Gasteiger partial charge on any atom is 0.419 e. The van der Waals surface area contributed by atoms with E-state index in [2.05, 4.69) is 6.92 Å². The molecule has 0 spiro atoms. The van der Waals surface area contributed by atoms with Gasteiger partial charge in [0, 0.05) is 0 Å². The summed E-state index contributed by atoms with van der Waals surface area (Å²) in [6.45, 7) is 3.91. The average Bonchev–Trinajstić information content (AvgIpc) is 2.59. The van der Waals surface area contributed by atoms with Crippen LogP contribution >= 0.6 is 0 Å². The number of rotatable bonds is 12. The van der Waals surface area contributed by atoms with Crippen LogP contribution in [-0.2, 0) is 10.9 Å². The maximum absolute atomic E-state index is 13.3. The van der Waals surface area contributed by atoms with E-state index in [0.717, 1.165) is 25.3 Å². The number of alkyl halides is 3. The van der Waals surface area contributed by atoms with E-state index >= 15 is 0 Å². The summed E-state index contributed by atoms with van der Waals surface area (Å²) in [6, 6.07) is 2.16. The minimum Gasteiger partial charge on any atom is -0.459 e. The third-order valence-electron chi connectivity index (χ3n) is 4.53. The Balaban J connectivity index is 2.30. The van der Waals surface area contributed by atoms with Crippen molar-refractivity contribution in [1.82, 2.24) is 0 Å². The van der Waals surface area contributed by atoms with Gasteiger partial charge in [0.1, 0.15) is 5.82 Å². The summed E-state index contributed by atoms with van der Waals surface area (Å²) in [7, 11) is 0. The second-order valence-electron chi connectivity index (χ2n) is 7.03. The molecule has 0 aromatic heterocycles. The minimum atomic E-state index is -4.84. The topological polar surface area (TPSA) is 26.3 Å². The van der Waals surface area contributed by atoms with E-state index in [1.165, 1.54) is 38.5 Å². The molecule has 1 aromatic rings. The van der Waals surface area contributed by atoms with E-state index in [9.17, 15) is 22.4 Å². The zero-order valence-corrected chi connectivity index (χ0v) is 16.2. The molecule has 0 bridgehead atoms. The van der Waals surface area contributed by atoms with E-state index < -0.39 is 23.5 Å². The number of hydrogen-bond donors (Lipinski definition) is 0. The highest BCUT2D eigenvalue weighted by Crippen LogP contribution is 2.32. The molecule has 1 unspecified atom stereocenters. The van der Waals surface area contributed by atoms with Gasteiger partial charge in [0.15, 0.2) is 0 Å². The Hall–Kier alpha value is -1.59. The molecule has 2 nitrogen and oxygen atoms in total. The van der Waals surface area contributed by atoms with E-state index in [4.69, 9.17) is 4.74 Å². The molecule has 0 radical (unpaired) electrons. The molecule has 6 heteroatoms. The van der Waals surface area contributed by atoms with Gasteiger partial charge in [-0.2, -0.15) is 13.2 Å². The number of hydrogen-bond acceptors (Lipinski definition) is 2. The van der Waals surface area contributed by atoms with E-state index in [-0.39, 0.29) is 11.7 Å². The van der Waals surface area contributed by atoms with Gasteiger partial charge in [-0.1, -0.05) is 58.3 Å². The van der Waals surface area contributed by atoms with Crippen molar-refractivity contribution in [2.75, 3.05) is 0 Å². The van der Waals surface area contributed by atoms with Gasteiger partial charge >= 0.3 is 12.1 Å². The van der Waals surface area contributed by atoms with Crippen molar-refractivity contribution >= 4 is 5.97 Å². The lowest BCUT2D eigenvalue weighted by Gasteiger charge is -2.14. The van der Waals surface area contributed by atoms with Crippen molar-refractivity contribution in [3.8, 4) is 0 Å². The molecule has 0 amide bonds. The first-order valence-corrected chi connectivity index (χ1v) is 9.83. The highest BCUT2D eigenvalue weighted by Gasteiger charge is 2.34. The summed E-state index contributed by atoms with van der Waals surface area (Å²) in [5.74, 6) is -2.26. The van der Waals surface area contributed by atoms with Crippen LogP contribution in [0.5, 0.6) is 0 Å². The highest BCUT2D eigenvalue weighted by molar-refractivity contribution is 5.89. The zero-order valence-electron chi connectivity index (χ0n) is 16.2. The molecular formula is C21H30F4O2. The fourth-order valence-corrected chi connectivity index (χ4v) is 2.92. The molecule has 0 fully saturated rings. The van der Waals surface area contributed by atoms with Crippen LogP contribution in [0.15, 0.2) is 18.2 Å². The Morgan fingerprint density at radius 1 is 1.00 bits per heavy atom. The molecule has 0 saturated carbocycles. The number of carbonyl (C=O) groups excluding carboxylic acids is 1. The molecule has 0 saturated heterocycles. The van der Waals surface area contributed by atoms with Crippen molar-refractivity contribution in [3.63, 3.8) is 0 Å². The molecule has 154 valence electrons. The number of esters is 1. The van der Waals surface area contributed by atoms with Crippen LogP contribution in [-0.4, -0.2) is 12.1 Å². The van der Waals surface area contributed by atoms with Crippen LogP contribution in [0, 0.1) is 5.82 Å². The van der Waals surface area contributed by atoms with Gasteiger partial charge in [-0.05, 0) is 38.0 Å². The largest absolute Gasteiger partial charge is 0.459 e. The lowest BCUT2D eigenvalue weighted by molar-refractivity contribution is -0.140. The number of benzene rings is 1. The molecule has 1 atom stereocenters. The van der Waals surface area contributed by atoms with Crippen LogP contribution in [0.2, 0.25) is 0 Å². The summed E-state index contributed by atoms with van der Waals surface area (Å²) in [6.07, 6.45) is 6.07. The van der Waals surface area contributed by atoms with Crippen molar-refractivity contribution in [2.24, 2.45) is 0 Å². The number of unbranched alkanes of at least 4 members (excludes halogenated alkanes) is 8. The fourth-order valence-electron chi connectivity index (χ4n) is 2.92. The van der Waals surface area contributed by atoms with Crippen LogP contribution < -0.4 is 0 Å². The Bertz CT molecular complexity index is 570. The number of ether oxygens (including phenoxy) is 1. The van der Waals surface area contributed by atoms with Crippen LogP contribution in [0.4, 0.5) is 17.6 Å². The van der Waals surface area contributed by atoms with Gasteiger partial charge in [0.05, 0.1) is 17.2 Å². The van der Waals surface area contributed by atoms with Crippen molar-refractivity contribution in [2.45, 2.75) is 90.3 Å². The van der Waals surface area contributed by atoms with Crippen molar-refractivity contribution in [1.29, 1.82) is 0 Å². The molecule has 1 aromatic carbocycles. The Labute approximate surface area is 159 Å². The van der Waals surface area contributed by atoms with E-state index in [0.29, 0.717) is 18.6 Å². The summed E-state index contributed by atoms with van der Waals surface area (Å²) in [5.41, 5.74) is -1.74. The molecule has 0 aliphatic carbocycles. The minimum absolute atomic E-state index is 0.289. The van der Waals surface area contributed by atoms with E-state index in [1.807, 2.05) is 0 Å². The molecule has 1 rings (SSSR count). The molecule has 0 aliphatic heterocycles. The predicted molar refractivity (Wildman–Crippen MR) is 98.1 cm³/mol. The van der Waals surface area contributed by atoms with E-state index in [1.54, 1.807) is 6.92 Å². The lowest BCUT2D eigenvalue weighted by Crippen LogP contribution is -2.16. The Kier molecular flexibility index (Phi) is 10.4. The van der Waals surface area contributed by atoms with Crippen LogP contribution in [0.3, 0.4) is 0 Å². The third-order valence-corrected chi connectivity index (χ3v) is 4.53. The maximum atomic E-state index is 13.3. The first-order chi connectivity index (χ1) is 12.8. The quantitative estimate of drug-likeness (QED) is 0.212. The van der Waals surface area contributed by atoms with Gasteiger partial charge in [0.2, 0.25) is 0 Å². The molecule has 0 aliphatic rings. The summed E-state index contributed by atoms with van der Waals surface area (Å²) in [4.78, 5) is 12.0. The molecule has 0 N–H and O–H groups in total.